The molecule has 0 saturated heterocycles. The number of nitrogens with one attached hydrogen (secondary N) is 2. The minimum Gasteiger partial charge on any atom is -0.484 e. The van der Waals surface area contributed by atoms with Gasteiger partial charge in [-0.2, -0.15) is 0 Å². The SMILES string of the molecule is COCCNC(=O)COc1cccc(/C=C/C(=O)c2c(NCCOC)cc(C)n(C)c2=O)c1. The highest BCUT2D eigenvalue weighted by atomic mass is 16.5. The van der Waals surface area contributed by atoms with Gasteiger partial charge in [0, 0.05) is 40.1 Å². The number of carbonyl (C=O) groups excluding carboxylic acids is 2. The molecule has 0 bridgehead atoms. The van der Waals surface area contributed by atoms with Gasteiger partial charge in [0.2, 0.25) is 0 Å². The molecule has 0 unspecified atom stereocenters. The molecule has 9 heteroatoms. The van der Waals surface area contributed by atoms with E-state index < -0.39 is 5.78 Å². The van der Waals surface area contributed by atoms with Crippen LogP contribution in [0.2, 0.25) is 0 Å². The fourth-order valence-corrected chi connectivity index (χ4v) is 2.94. The number of carbonyl (C=O) groups is 2. The van der Waals surface area contributed by atoms with Crippen LogP contribution >= 0.6 is 0 Å². The van der Waals surface area contributed by atoms with E-state index in [0.717, 1.165) is 5.69 Å². The number of amides is 1. The summed E-state index contributed by atoms with van der Waals surface area (Å²) >= 11 is 0. The first kappa shape index (κ1) is 25.8. The van der Waals surface area contributed by atoms with Crippen molar-refractivity contribution in [1.82, 2.24) is 9.88 Å². The van der Waals surface area contributed by atoms with E-state index in [1.807, 2.05) is 0 Å². The quantitative estimate of drug-likeness (QED) is 0.268. The van der Waals surface area contributed by atoms with Crippen LogP contribution in [0.25, 0.3) is 6.08 Å². The van der Waals surface area contributed by atoms with E-state index in [1.54, 1.807) is 64.6 Å². The number of methoxy groups -OCH3 is 2. The maximum atomic E-state index is 12.9. The number of anilines is 1. The molecule has 178 valence electrons. The Bertz CT molecular complexity index is 1040. The Morgan fingerprint density at radius 1 is 1.09 bits per heavy atom. The highest BCUT2D eigenvalue weighted by Crippen LogP contribution is 2.17. The van der Waals surface area contributed by atoms with Gasteiger partial charge in [-0.3, -0.25) is 14.4 Å². The molecule has 0 aliphatic carbocycles. The lowest BCUT2D eigenvalue weighted by Gasteiger charge is -2.13. The minimum atomic E-state index is -0.417. The van der Waals surface area contributed by atoms with Crippen LogP contribution in [-0.2, 0) is 21.3 Å². The summed E-state index contributed by atoms with van der Waals surface area (Å²) in [5, 5.41) is 5.77. The van der Waals surface area contributed by atoms with Gasteiger partial charge in [-0.15, -0.1) is 0 Å². The zero-order valence-electron chi connectivity index (χ0n) is 19.5. The largest absolute Gasteiger partial charge is 0.484 e. The Morgan fingerprint density at radius 2 is 1.82 bits per heavy atom. The number of hydrogen-bond acceptors (Lipinski definition) is 7. The molecule has 9 nitrogen and oxygen atoms in total. The first-order valence-corrected chi connectivity index (χ1v) is 10.5. The Hall–Kier alpha value is -3.43. The molecule has 2 aromatic rings. The Morgan fingerprint density at radius 3 is 2.55 bits per heavy atom. The number of ketones is 1. The van der Waals surface area contributed by atoms with Crippen molar-refractivity contribution in [2.75, 3.05) is 52.4 Å². The van der Waals surface area contributed by atoms with Crippen molar-refractivity contribution in [1.29, 1.82) is 0 Å². The van der Waals surface area contributed by atoms with Crippen LogP contribution in [0.1, 0.15) is 21.6 Å². The highest BCUT2D eigenvalue weighted by Gasteiger charge is 2.16. The fraction of sp³-hybridized carbons (Fsp3) is 0.375. The summed E-state index contributed by atoms with van der Waals surface area (Å²) in [6.07, 6.45) is 2.95. The summed E-state index contributed by atoms with van der Waals surface area (Å²) in [5.74, 6) is -0.189. The van der Waals surface area contributed by atoms with E-state index in [-0.39, 0.29) is 23.6 Å². The molecule has 0 aliphatic rings. The van der Waals surface area contributed by atoms with Crippen molar-refractivity contribution < 1.29 is 23.8 Å². The molecule has 0 radical (unpaired) electrons. The number of hydrogen-bond donors (Lipinski definition) is 2. The molecular weight excluding hydrogens is 426 g/mol. The Balaban J connectivity index is 2.13. The number of nitrogens with zero attached hydrogens (tertiary/aromatic N) is 1. The Kier molecular flexibility index (Phi) is 10.3. The average Bonchev–Trinajstić information content (AvgIpc) is 2.80. The minimum absolute atomic E-state index is 0.0654. The van der Waals surface area contributed by atoms with Gasteiger partial charge in [-0.1, -0.05) is 18.2 Å². The first-order valence-electron chi connectivity index (χ1n) is 10.5. The van der Waals surface area contributed by atoms with Crippen molar-refractivity contribution in [2.24, 2.45) is 7.05 Å². The molecule has 33 heavy (non-hydrogen) atoms. The summed E-state index contributed by atoms with van der Waals surface area (Å²) in [4.78, 5) is 37.4. The molecule has 1 aromatic carbocycles. The van der Waals surface area contributed by atoms with Gasteiger partial charge in [0.05, 0.1) is 18.9 Å². The average molecular weight is 458 g/mol. The van der Waals surface area contributed by atoms with Gasteiger partial charge in [0.15, 0.2) is 12.4 Å². The second kappa shape index (κ2) is 13.2. The normalized spacial score (nSPS) is 10.9. The third-order valence-electron chi connectivity index (χ3n) is 4.82. The fourth-order valence-electron chi connectivity index (χ4n) is 2.94. The smallest absolute Gasteiger partial charge is 0.263 e. The number of ether oxygens (including phenoxy) is 3. The molecule has 1 amide bonds. The summed E-state index contributed by atoms with van der Waals surface area (Å²) in [6.45, 7) is 3.40. The molecule has 0 aliphatic heterocycles. The van der Waals surface area contributed by atoms with Crippen molar-refractivity contribution in [3.05, 3.63) is 63.6 Å². The van der Waals surface area contributed by atoms with E-state index in [2.05, 4.69) is 10.6 Å². The standard InChI is InChI=1S/C24H31N3O6/c1-17-14-20(25-10-12-31-3)23(24(30)27(17)2)21(28)9-8-18-6-5-7-19(15-18)33-16-22(29)26-11-13-32-4/h5-9,14-15,25H,10-13,16H2,1-4H3,(H,26,29)/b9-8+. The molecule has 0 fully saturated rings. The van der Waals surface area contributed by atoms with Crippen molar-refractivity contribution in [2.45, 2.75) is 6.92 Å². The Labute approximate surface area is 193 Å². The van der Waals surface area contributed by atoms with E-state index >= 15 is 0 Å². The van der Waals surface area contributed by atoms with Crippen LogP contribution in [0.3, 0.4) is 0 Å². The maximum absolute atomic E-state index is 12.9. The number of aryl methyl sites for hydroxylation is 1. The van der Waals surface area contributed by atoms with Crippen LogP contribution in [-0.4, -0.2) is 63.4 Å². The lowest BCUT2D eigenvalue weighted by Crippen LogP contribution is -2.31. The number of pyridine rings is 1. The van der Waals surface area contributed by atoms with Gasteiger partial charge in [-0.05, 0) is 36.8 Å². The number of benzene rings is 1. The van der Waals surface area contributed by atoms with Gasteiger partial charge in [0.25, 0.3) is 11.5 Å². The topological polar surface area (TPSA) is 108 Å². The first-order chi connectivity index (χ1) is 15.9. The lowest BCUT2D eigenvalue weighted by atomic mass is 10.1. The molecule has 0 spiro atoms. The predicted molar refractivity (Wildman–Crippen MR) is 127 cm³/mol. The monoisotopic (exact) mass is 457 g/mol. The third kappa shape index (κ3) is 7.89. The highest BCUT2D eigenvalue weighted by molar-refractivity contribution is 6.10. The number of allylic oxidation sites excluding steroid dienone is 1. The van der Waals surface area contributed by atoms with Gasteiger partial charge in [0.1, 0.15) is 11.3 Å². The summed E-state index contributed by atoms with van der Waals surface area (Å²) in [6, 6.07) is 8.74. The van der Waals surface area contributed by atoms with E-state index in [4.69, 9.17) is 14.2 Å². The van der Waals surface area contributed by atoms with Gasteiger partial charge < -0.3 is 29.4 Å². The number of aromatic nitrogens is 1. The second-order valence-electron chi connectivity index (χ2n) is 7.26. The van der Waals surface area contributed by atoms with Crippen LogP contribution in [0, 0.1) is 6.92 Å². The van der Waals surface area contributed by atoms with Crippen LogP contribution < -0.4 is 20.9 Å². The van der Waals surface area contributed by atoms with Crippen LogP contribution in [0.4, 0.5) is 5.69 Å². The maximum Gasteiger partial charge on any atom is 0.263 e. The van der Waals surface area contributed by atoms with E-state index in [9.17, 15) is 14.4 Å². The lowest BCUT2D eigenvalue weighted by molar-refractivity contribution is -0.123. The van der Waals surface area contributed by atoms with Crippen LogP contribution in [0.5, 0.6) is 5.75 Å². The zero-order valence-corrected chi connectivity index (χ0v) is 19.5. The van der Waals surface area contributed by atoms with Gasteiger partial charge >= 0.3 is 0 Å². The summed E-state index contributed by atoms with van der Waals surface area (Å²) in [7, 11) is 4.77. The van der Waals surface area contributed by atoms with Crippen molar-refractivity contribution in [3.8, 4) is 5.75 Å². The molecular formula is C24H31N3O6. The van der Waals surface area contributed by atoms with Crippen molar-refractivity contribution >= 4 is 23.5 Å². The summed E-state index contributed by atoms with van der Waals surface area (Å²) < 4.78 is 16.9. The van der Waals surface area contributed by atoms with Crippen molar-refractivity contribution in [3.63, 3.8) is 0 Å². The van der Waals surface area contributed by atoms with E-state index in [1.165, 1.54) is 10.6 Å². The third-order valence-corrected chi connectivity index (χ3v) is 4.82. The molecule has 1 aromatic heterocycles. The van der Waals surface area contributed by atoms with Crippen LogP contribution in [0.15, 0.2) is 41.2 Å². The van der Waals surface area contributed by atoms with Gasteiger partial charge in [-0.25, -0.2) is 0 Å². The molecule has 2 rings (SSSR count). The van der Waals surface area contributed by atoms with E-state index in [0.29, 0.717) is 43.3 Å². The molecule has 2 N–H and O–H groups in total. The predicted octanol–water partition coefficient (Wildman–Crippen LogP) is 1.79. The molecule has 0 atom stereocenters. The second-order valence-corrected chi connectivity index (χ2v) is 7.26. The summed E-state index contributed by atoms with van der Waals surface area (Å²) in [5.41, 5.74) is 1.59. The number of rotatable bonds is 13. The molecule has 1 heterocycles. The zero-order chi connectivity index (χ0) is 24.2. The molecule has 0 saturated carbocycles.